The van der Waals surface area contributed by atoms with Gasteiger partial charge < -0.3 is 88.0 Å². The summed E-state index contributed by atoms with van der Waals surface area (Å²) in [6.07, 6.45) is 4.10. The summed E-state index contributed by atoms with van der Waals surface area (Å²) in [5.74, 6) is 0.673. The van der Waals surface area contributed by atoms with Crippen LogP contribution in [0.4, 0.5) is 14.4 Å². The van der Waals surface area contributed by atoms with Gasteiger partial charge in [0.2, 0.25) is 0 Å². The van der Waals surface area contributed by atoms with Crippen LogP contribution in [0, 0.1) is 0 Å². The van der Waals surface area contributed by atoms with Gasteiger partial charge in [-0.15, -0.1) is 11.8 Å². The van der Waals surface area contributed by atoms with Crippen molar-refractivity contribution in [3.05, 3.63) is 35.9 Å². The second-order valence-electron chi connectivity index (χ2n) is 20.5. The molecule has 12 saturated heterocycles. The van der Waals surface area contributed by atoms with Crippen molar-refractivity contribution in [1.29, 1.82) is 0 Å². The molecular weight excluding hydrogens is 1240 g/mol. The Balaban J connectivity index is 0.000000183. The number of ether oxygens (including phenoxy) is 4. The summed E-state index contributed by atoms with van der Waals surface area (Å²) in [5, 5.41) is 8.87. The second kappa shape index (κ2) is 41.4. The molecule has 26 nitrogen and oxygen atoms in total. The smallest absolute Gasteiger partial charge is 0.445 e. The number of nitrogens with one attached hydrogen (secondary N) is 3. The molecule has 0 radical (unpaired) electrons. The predicted molar refractivity (Wildman–Crippen MR) is 333 cm³/mol. The van der Waals surface area contributed by atoms with Crippen LogP contribution in [0.1, 0.15) is 31.2 Å². The summed E-state index contributed by atoms with van der Waals surface area (Å²) in [6, 6.07) is 12.6. The lowest BCUT2D eigenvalue weighted by Gasteiger charge is -2.38. The Bertz CT molecular complexity index is 1890. The van der Waals surface area contributed by atoms with Crippen LogP contribution in [-0.2, 0) is 78.7 Å². The fourth-order valence-corrected chi connectivity index (χ4v) is 20.7. The largest absolute Gasteiger partial charge is 0.507 e. The molecule has 2 amide bonds. The Labute approximate surface area is 521 Å². The lowest BCUT2D eigenvalue weighted by Crippen LogP contribution is -2.55. The molecule has 85 heavy (non-hydrogen) atoms. The highest BCUT2D eigenvalue weighted by Crippen LogP contribution is 2.26. The summed E-state index contributed by atoms with van der Waals surface area (Å²) in [7, 11) is -7.20. The summed E-state index contributed by atoms with van der Waals surface area (Å²) >= 11 is 7.92. The van der Waals surface area contributed by atoms with Gasteiger partial charge in [-0.05, 0) is 37.5 Å². The molecule has 0 aliphatic carbocycles. The van der Waals surface area contributed by atoms with Crippen molar-refractivity contribution >= 4 is 92.8 Å². The number of thiocarbonyl (C=S) groups is 1. The van der Waals surface area contributed by atoms with E-state index in [0.717, 1.165) is 146 Å². The zero-order chi connectivity index (χ0) is 60.2. The first-order chi connectivity index (χ1) is 41.5. The molecule has 1 aromatic rings. The van der Waals surface area contributed by atoms with E-state index in [1.165, 1.54) is 18.9 Å². The number of hydrogen-bond acceptors (Lipinski definition) is 26. The van der Waals surface area contributed by atoms with Gasteiger partial charge in [0, 0.05) is 135 Å². The quantitative estimate of drug-likeness (QED) is 0.0685. The number of fused-ring (bicyclic) bond motifs is 24. The third-order valence-corrected chi connectivity index (χ3v) is 28.0. The number of thioether (sulfide) groups is 2. The second-order valence-corrected chi connectivity index (χ2v) is 33.9. The van der Waals surface area contributed by atoms with Gasteiger partial charge in [-0.2, -0.15) is 0 Å². The Morgan fingerprint density at radius 2 is 0.847 bits per heavy atom. The summed E-state index contributed by atoms with van der Waals surface area (Å²) in [6.45, 7) is 22.7. The maximum Gasteiger partial charge on any atom is 0.507 e. The van der Waals surface area contributed by atoms with Crippen LogP contribution in [0.5, 0.6) is 0 Å². The number of alkyl carbamates (subject to hydrolysis) is 1. The Hall–Kier alpha value is -1.99. The maximum absolute atomic E-state index is 11.8. The molecule has 33 heteroatoms. The van der Waals surface area contributed by atoms with Gasteiger partial charge in [-0.3, -0.25) is 24.4 Å². The van der Waals surface area contributed by atoms with Gasteiger partial charge in [0.15, 0.2) is 0 Å². The molecule has 8 bridgehead atoms. The van der Waals surface area contributed by atoms with Gasteiger partial charge in [0.05, 0.1) is 99.6 Å². The molecule has 0 spiro atoms. The minimum absolute atomic E-state index is 0.00931. The average molecular weight is 1330 g/mol. The molecule has 3 N–H and O–H groups in total. The van der Waals surface area contributed by atoms with Crippen molar-refractivity contribution in [1.82, 2.24) is 35.6 Å². The van der Waals surface area contributed by atoms with Crippen LogP contribution >= 0.6 is 35.7 Å². The van der Waals surface area contributed by atoms with Crippen LogP contribution in [0.3, 0.4) is 0 Å². The van der Waals surface area contributed by atoms with Gasteiger partial charge >= 0.3 is 47.5 Å². The molecule has 12 aliphatic heterocycles. The Morgan fingerprint density at radius 3 is 1.20 bits per heavy atom. The minimum atomic E-state index is -2.59. The van der Waals surface area contributed by atoms with Gasteiger partial charge in [0.1, 0.15) is 10.9 Å². The van der Waals surface area contributed by atoms with Crippen LogP contribution < -0.4 is 16.0 Å². The molecule has 13 rings (SSSR count). The SMILES string of the molecule is COC(=O)OCCC[Si]12OCCN(CCO1)CCO2.COCCSC(=O)NCCC[Si]12OCCN(CCO1)CCO2.CSC(=S)NCCC[Si]12OCCN(CCO1)CCO2.O=C(NCCC[Si]12OCCN(CCO1)CCO2)OCc1ccccc1. The van der Waals surface area contributed by atoms with Gasteiger partial charge in [0.25, 0.3) is 5.24 Å². The van der Waals surface area contributed by atoms with Crippen LogP contribution in [0.2, 0.25) is 24.2 Å². The van der Waals surface area contributed by atoms with Crippen molar-refractivity contribution in [2.45, 2.75) is 56.5 Å². The molecule has 0 saturated carbocycles. The van der Waals surface area contributed by atoms with E-state index in [0.29, 0.717) is 110 Å². The first-order valence-corrected chi connectivity index (χ1v) is 40.3. The topological polar surface area (TPSA) is 248 Å². The van der Waals surface area contributed by atoms with E-state index in [2.05, 4.69) is 40.3 Å². The Kier molecular flexibility index (Phi) is 35.1. The monoisotopic (exact) mass is 1330 g/mol. The molecule has 0 aromatic heterocycles. The van der Waals surface area contributed by atoms with E-state index >= 15 is 0 Å². The zero-order valence-corrected chi connectivity index (χ0v) is 56.7. The number of carbonyl (C=O) groups excluding carboxylic acids is 3. The number of amides is 2. The molecule has 12 fully saturated rings. The third-order valence-electron chi connectivity index (χ3n) is 14.5. The highest BCUT2D eigenvalue weighted by atomic mass is 32.2. The maximum atomic E-state index is 11.8. The summed E-state index contributed by atoms with van der Waals surface area (Å²) < 4.78 is 91.4. The Morgan fingerprint density at radius 1 is 0.494 bits per heavy atom. The van der Waals surface area contributed by atoms with Gasteiger partial charge in [-0.1, -0.05) is 54.3 Å². The lowest BCUT2D eigenvalue weighted by molar-refractivity contribution is -0.00994. The number of methoxy groups -OCH3 is 2. The van der Waals surface area contributed by atoms with E-state index in [9.17, 15) is 14.4 Å². The molecular formula is C52H95N7O19S3Si4. The first-order valence-electron chi connectivity index (χ1n) is 29.9. The summed E-state index contributed by atoms with van der Waals surface area (Å²) in [4.78, 5) is 43.4. The highest BCUT2D eigenvalue weighted by Gasteiger charge is 2.46. The van der Waals surface area contributed by atoms with E-state index in [-0.39, 0.29) is 11.8 Å². The van der Waals surface area contributed by atoms with Crippen LogP contribution in [0.15, 0.2) is 30.3 Å². The average Bonchev–Trinajstić information content (AvgIpc) is 3.66. The number of benzene rings is 1. The molecule has 486 valence electrons. The summed E-state index contributed by atoms with van der Waals surface area (Å²) in [5.41, 5.74) is 0.970. The van der Waals surface area contributed by atoms with Crippen molar-refractivity contribution in [2.75, 3.05) is 217 Å². The van der Waals surface area contributed by atoms with Crippen molar-refractivity contribution in [2.24, 2.45) is 0 Å². The van der Waals surface area contributed by atoms with E-state index in [1.54, 1.807) is 18.9 Å². The molecule has 0 unspecified atom stereocenters. The van der Waals surface area contributed by atoms with Crippen LogP contribution in [-0.4, -0.2) is 294 Å². The predicted octanol–water partition coefficient (Wildman–Crippen LogP) is 3.81. The number of hydrogen-bond donors (Lipinski definition) is 3. The minimum Gasteiger partial charge on any atom is -0.445 e. The van der Waals surface area contributed by atoms with Crippen LogP contribution in [0.25, 0.3) is 0 Å². The van der Waals surface area contributed by atoms with E-state index in [1.807, 2.05) is 36.6 Å². The van der Waals surface area contributed by atoms with Gasteiger partial charge in [-0.25, -0.2) is 9.59 Å². The zero-order valence-electron chi connectivity index (χ0n) is 50.2. The number of carbonyl (C=O) groups is 3. The molecule has 1 aromatic carbocycles. The number of nitrogens with zero attached hydrogens (tertiary/aromatic N) is 4. The fourth-order valence-electron chi connectivity index (χ4n) is 9.77. The van der Waals surface area contributed by atoms with E-state index in [4.69, 9.17) is 79.5 Å². The third kappa shape index (κ3) is 28.4. The molecule has 12 heterocycles. The molecule has 0 atom stereocenters. The van der Waals surface area contributed by atoms with Crippen molar-refractivity contribution < 1.29 is 86.4 Å². The van der Waals surface area contributed by atoms with Crippen molar-refractivity contribution in [3.63, 3.8) is 0 Å². The highest BCUT2D eigenvalue weighted by molar-refractivity contribution is 8.22. The normalized spacial score (nSPS) is 29.1. The fraction of sp³-hybridized carbons (Fsp3) is 0.808. The number of rotatable bonds is 21. The standard InChI is InChI=1S/C17H26N2O5Si.C13H26N2O5SSi.C11H22N2O3S2Si.C11H21NO6Si/c20-17(21-15-16-5-2-1-3-6-16)18-7-4-14-25-22-11-8-19(9-12-23-25)10-13-24-25;1-17-10-11-21-13(16)14-3-2-12-22-18-7-4-15(5-8-19-22)6-9-20-22;1-18-11(17)12-3-2-10-19-14-7-4-13(5-8-15-19)6-9-16-19;1-14-11(13)15-6-2-10-19-16-7-3-12(4-8-17-19)5-9-18-19/h1-3,5-6H,4,7-15H2,(H,18,20);2-12H2,1H3,(H,14,16);2-10H2,1H3,(H,12,17);2-10H2,1H3. The van der Waals surface area contributed by atoms with Crippen molar-refractivity contribution in [3.8, 4) is 0 Å². The first kappa shape index (κ1) is 72.1. The molecule has 12 aliphatic rings. The lowest BCUT2D eigenvalue weighted by atomic mass is 10.2. The van der Waals surface area contributed by atoms with E-state index < -0.39 is 47.5 Å².